The third-order valence-corrected chi connectivity index (χ3v) is 3.88. The molecule has 0 aliphatic rings. The van der Waals surface area contributed by atoms with E-state index < -0.39 is 22.4 Å². The average molecular weight is 267 g/mol. The predicted molar refractivity (Wildman–Crippen MR) is 67.3 cm³/mol. The summed E-state index contributed by atoms with van der Waals surface area (Å²) in [6.45, 7) is 0. The second-order valence-electron chi connectivity index (χ2n) is 3.76. The van der Waals surface area contributed by atoms with Gasteiger partial charge in [0.15, 0.2) is 0 Å². The van der Waals surface area contributed by atoms with E-state index in [9.17, 15) is 13.0 Å². The number of hydrogen-bond acceptors (Lipinski definition) is 2. The van der Waals surface area contributed by atoms with E-state index in [0.717, 1.165) is 6.07 Å². The summed E-state index contributed by atoms with van der Waals surface area (Å²) in [6.07, 6.45) is 0. The molecule has 0 aliphatic carbocycles. The van der Waals surface area contributed by atoms with Gasteiger partial charge in [0.2, 0.25) is 0 Å². The summed E-state index contributed by atoms with van der Waals surface area (Å²) < 4.78 is 38.5. The molecule has 1 atom stereocenters. The molecular formula is C13H11F2NOS. The Hall–Kier alpha value is -1.75. The van der Waals surface area contributed by atoms with Gasteiger partial charge in [0.1, 0.15) is 11.6 Å². The normalized spacial score (nSPS) is 12.3. The molecular weight excluding hydrogens is 256 g/mol. The Morgan fingerprint density at radius 1 is 1.11 bits per heavy atom. The second-order valence-corrected chi connectivity index (χ2v) is 5.18. The summed E-state index contributed by atoms with van der Waals surface area (Å²) in [5, 5.41) is 0. The van der Waals surface area contributed by atoms with Crippen LogP contribution in [0.3, 0.4) is 0 Å². The van der Waals surface area contributed by atoms with Gasteiger partial charge in [-0.25, -0.2) is 8.78 Å². The maximum atomic E-state index is 13.4. The SMILES string of the molecule is Nc1ccc(F)cc1S(=O)Cc1ccccc1F. The van der Waals surface area contributed by atoms with Crippen molar-refractivity contribution < 1.29 is 13.0 Å². The van der Waals surface area contributed by atoms with Crippen molar-refractivity contribution in [3.63, 3.8) is 0 Å². The fourth-order valence-electron chi connectivity index (χ4n) is 1.54. The van der Waals surface area contributed by atoms with Crippen molar-refractivity contribution in [3.05, 3.63) is 59.7 Å². The number of nitrogen functional groups attached to an aromatic ring is 1. The standard InChI is InChI=1S/C13H11F2NOS/c14-10-5-6-12(16)13(7-10)18(17)8-9-3-1-2-4-11(9)15/h1-7H,8,16H2. The zero-order valence-electron chi connectivity index (χ0n) is 9.40. The highest BCUT2D eigenvalue weighted by Gasteiger charge is 2.12. The lowest BCUT2D eigenvalue weighted by Gasteiger charge is -2.06. The van der Waals surface area contributed by atoms with Gasteiger partial charge in [-0.2, -0.15) is 0 Å². The van der Waals surface area contributed by atoms with Crippen molar-refractivity contribution in [1.29, 1.82) is 0 Å². The number of rotatable bonds is 3. The van der Waals surface area contributed by atoms with E-state index in [-0.39, 0.29) is 16.3 Å². The van der Waals surface area contributed by atoms with Gasteiger partial charge in [-0.15, -0.1) is 0 Å². The summed E-state index contributed by atoms with van der Waals surface area (Å²) in [4.78, 5) is 0.193. The van der Waals surface area contributed by atoms with E-state index in [1.54, 1.807) is 18.2 Å². The van der Waals surface area contributed by atoms with Crippen molar-refractivity contribution in [2.45, 2.75) is 10.6 Å². The van der Waals surface area contributed by atoms with Crippen molar-refractivity contribution in [3.8, 4) is 0 Å². The number of hydrogen-bond donors (Lipinski definition) is 1. The Morgan fingerprint density at radius 2 is 1.83 bits per heavy atom. The molecule has 1 unspecified atom stereocenters. The molecule has 0 aliphatic heterocycles. The molecule has 0 radical (unpaired) electrons. The largest absolute Gasteiger partial charge is 0.398 e. The molecule has 0 spiro atoms. The minimum atomic E-state index is -1.57. The molecule has 2 aromatic rings. The first-order chi connectivity index (χ1) is 8.58. The van der Waals surface area contributed by atoms with E-state index in [0.29, 0.717) is 5.56 Å². The topological polar surface area (TPSA) is 43.1 Å². The lowest BCUT2D eigenvalue weighted by molar-refractivity contribution is 0.614. The van der Waals surface area contributed by atoms with Gasteiger partial charge >= 0.3 is 0 Å². The van der Waals surface area contributed by atoms with Crippen LogP contribution in [0.25, 0.3) is 0 Å². The molecule has 0 saturated heterocycles. The highest BCUT2D eigenvalue weighted by atomic mass is 32.2. The van der Waals surface area contributed by atoms with Crippen LogP contribution in [0.5, 0.6) is 0 Å². The third-order valence-electron chi connectivity index (χ3n) is 2.47. The predicted octanol–water partition coefficient (Wildman–Crippen LogP) is 2.85. The van der Waals surface area contributed by atoms with Gasteiger partial charge < -0.3 is 5.73 Å². The fourth-order valence-corrected chi connectivity index (χ4v) is 2.79. The second kappa shape index (κ2) is 5.27. The molecule has 0 aromatic heterocycles. The quantitative estimate of drug-likeness (QED) is 0.869. The number of nitrogens with two attached hydrogens (primary N) is 1. The van der Waals surface area contributed by atoms with E-state index in [2.05, 4.69) is 0 Å². The van der Waals surface area contributed by atoms with Crippen LogP contribution in [0.15, 0.2) is 47.4 Å². The molecule has 0 heterocycles. The molecule has 94 valence electrons. The Labute approximate surface area is 106 Å². The lowest BCUT2D eigenvalue weighted by Crippen LogP contribution is -2.03. The van der Waals surface area contributed by atoms with Crippen LogP contribution in [-0.2, 0) is 16.6 Å². The van der Waals surface area contributed by atoms with Crippen molar-refractivity contribution in [2.24, 2.45) is 0 Å². The maximum Gasteiger partial charge on any atom is 0.127 e. The van der Waals surface area contributed by atoms with E-state index >= 15 is 0 Å². The van der Waals surface area contributed by atoms with Gasteiger partial charge in [0, 0.05) is 11.3 Å². The van der Waals surface area contributed by atoms with Crippen LogP contribution in [-0.4, -0.2) is 4.21 Å². The number of benzene rings is 2. The molecule has 0 amide bonds. The zero-order valence-corrected chi connectivity index (χ0v) is 10.2. The summed E-state index contributed by atoms with van der Waals surface area (Å²) in [5.74, 6) is -0.970. The van der Waals surface area contributed by atoms with E-state index in [1.807, 2.05) is 0 Å². The lowest BCUT2D eigenvalue weighted by atomic mass is 10.2. The molecule has 2 nitrogen and oxygen atoms in total. The van der Waals surface area contributed by atoms with Crippen LogP contribution < -0.4 is 5.73 Å². The molecule has 0 saturated carbocycles. The van der Waals surface area contributed by atoms with E-state index in [4.69, 9.17) is 5.73 Å². The molecule has 5 heteroatoms. The van der Waals surface area contributed by atoms with Crippen LogP contribution in [0, 0.1) is 11.6 Å². The average Bonchev–Trinajstić information content (AvgIpc) is 2.35. The zero-order chi connectivity index (χ0) is 13.1. The third kappa shape index (κ3) is 2.73. The smallest absolute Gasteiger partial charge is 0.127 e. The van der Waals surface area contributed by atoms with Crippen LogP contribution >= 0.6 is 0 Å². The summed E-state index contributed by atoms with van der Waals surface area (Å²) in [6, 6.07) is 9.71. The Bertz CT molecular complexity index is 601. The Morgan fingerprint density at radius 3 is 2.56 bits per heavy atom. The molecule has 18 heavy (non-hydrogen) atoms. The Kier molecular flexibility index (Phi) is 3.72. The van der Waals surface area contributed by atoms with Gasteiger partial charge in [0.05, 0.1) is 21.4 Å². The fraction of sp³-hybridized carbons (Fsp3) is 0.0769. The molecule has 2 aromatic carbocycles. The van der Waals surface area contributed by atoms with Gasteiger partial charge in [-0.05, 0) is 24.3 Å². The molecule has 0 fully saturated rings. The number of anilines is 1. The summed E-state index contributed by atoms with van der Waals surface area (Å²) in [5.41, 5.74) is 6.19. The minimum absolute atomic E-state index is 0.0275. The summed E-state index contributed by atoms with van der Waals surface area (Å²) >= 11 is 0. The van der Waals surface area contributed by atoms with Crippen LogP contribution in [0.4, 0.5) is 14.5 Å². The molecule has 0 bridgehead atoms. The van der Waals surface area contributed by atoms with Gasteiger partial charge in [-0.1, -0.05) is 18.2 Å². The molecule has 2 N–H and O–H groups in total. The monoisotopic (exact) mass is 267 g/mol. The first-order valence-electron chi connectivity index (χ1n) is 5.25. The molecule has 2 rings (SSSR count). The van der Waals surface area contributed by atoms with Crippen molar-refractivity contribution in [2.75, 3.05) is 5.73 Å². The first-order valence-corrected chi connectivity index (χ1v) is 6.56. The van der Waals surface area contributed by atoms with E-state index in [1.165, 1.54) is 18.2 Å². The highest BCUT2D eigenvalue weighted by Crippen LogP contribution is 2.21. The number of halogens is 2. The van der Waals surface area contributed by atoms with Crippen LogP contribution in [0.2, 0.25) is 0 Å². The minimum Gasteiger partial charge on any atom is -0.398 e. The van der Waals surface area contributed by atoms with Crippen molar-refractivity contribution in [1.82, 2.24) is 0 Å². The maximum absolute atomic E-state index is 13.4. The first kappa shape index (κ1) is 12.7. The van der Waals surface area contributed by atoms with Crippen LogP contribution in [0.1, 0.15) is 5.56 Å². The van der Waals surface area contributed by atoms with Crippen molar-refractivity contribution >= 4 is 16.5 Å². The Balaban J connectivity index is 2.28. The van der Waals surface area contributed by atoms with Gasteiger partial charge in [-0.3, -0.25) is 4.21 Å². The summed E-state index contributed by atoms with van der Waals surface area (Å²) in [7, 11) is -1.57. The highest BCUT2D eigenvalue weighted by molar-refractivity contribution is 7.84. The van der Waals surface area contributed by atoms with Gasteiger partial charge in [0.25, 0.3) is 0 Å².